The molecule has 0 fully saturated rings. The summed E-state index contributed by atoms with van der Waals surface area (Å²) in [5.74, 6) is 0. The maximum Gasteiger partial charge on any atom is 0.0134 e. The fourth-order valence-corrected chi connectivity index (χ4v) is 0.416. The van der Waals surface area contributed by atoms with Gasteiger partial charge in [0, 0.05) is 13.6 Å². The van der Waals surface area contributed by atoms with Gasteiger partial charge in [0.1, 0.15) is 0 Å². The van der Waals surface area contributed by atoms with Crippen molar-refractivity contribution in [2.45, 2.75) is 0 Å². The van der Waals surface area contributed by atoms with Gasteiger partial charge in [-0.05, 0) is 19.3 Å². The topological polar surface area (TPSA) is 24.1 Å². The normalized spacial score (nSPS) is 11.3. The number of hydrogen-bond donors (Lipinski definition) is 2. The summed E-state index contributed by atoms with van der Waals surface area (Å²) in [5.41, 5.74) is 0. The molecule has 0 bridgehead atoms. The van der Waals surface area contributed by atoms with E-state index < -0.39 is 0 Å². The van der Waals surface area contributed by atoms with Crippen LogP contribution in [0.15, 0.2) is 24.4 Å². The molecule has 0 aromatic carbocycles. The molecule has 0 saturated heterocycles. The first-order chi connectivity index (χ1) is 4.41. The molecule has 0 rings (SSSR count). The molecule has 0 amide bonds. The second kappa shape index (κ2) is 7.24. The fourth-order valence-electron chi connectivity index (χ4n) is 0.416. The third-order valence-electron chi connectivity index (χ3n) is 0.832. The Morgan fingerprint density at radius 3 is 2.56 bits per heavy atom. The number of hydrogen-bond acceptors (Lipinski definition) is 2. The van der Waals surface area contributed by atoms with Crippen molar-refractivity contribution in [1.29, 1.82) is 0 Å². The summed E-state index contributed by atoms with van der Waals surface area (Å²) in [7, 11) is 3.80. The van der Waals surface area contributed by atoms with Crippen molar-refractivity contribution in [3.05, 3.63) is 24.4 Å². The molecule has 2 nitrogen and oxygen atoms in total. The molecular formula is C7H14N2. The van der Waals surface area contributed by atoms with Gasteiger partial charge in [-0.2, -0.15) is 0 Å². The molecule has 0 aliphatic rings. The largest absolute Gasteiger partial charge is 0.394 e. The second-order valence-corrected chi connectivity index (χ2v) is 1.63. The van der Waals surface area contributed by atoms with E-state index in [-0.39, 0.29) is 0 Å². The van der Waals surface area contributed by atoms with Crippen LogP contribution in [-0.4, -0.2) is 20.6 Å². The highest BCUT2D eigenvalue weighted by atomic mass is 14.8. The lowest BCUT2D eigenvalue weighted by molar-refractivity contribution is 0.919. The first-order valence-electron chi connectivity index (χ1n) is 3.05. The van der Waals surface area contributed by atoms with Crippen LogP contribution in [-0.2, 0) is 0 Å². The summed E-state index contributed by atoms with van der Waals surface area (Å²) in [6.07, 6.45) is 7.88. The highest BCUT2D eigenvalue weighted by Crippen LogP contribution is 1.71. The first kappa shape index (κ1) is 8.24. The molecule has 0 radical (unpaired) electrons. The second-order valence-electron chi connectivity index (χ2n) is 1.63. The molecule has 0 saturated carbocycles. The van der Waals surface area contributed by atoms with E-state index in [1.54, 1.807) is 0 Å². The maximum absolute atomic E-state index is 3.00. The van der Waals surface area contributed by atoms with Gasteiger partial charge in [0.15, 0.2) is 0 Å². The Morgan fingerprint density at radius 1 is 1.22 bits per heavy atom. The molecule has 0 unspecified atom stereocenters. The van der Waals surface area contributed by atoms with E-state index in [9.17, 15) is 0 Å². The Kier molecular flexibility index (Phi) is 6.63. The summed E-state index contributed by atoms with van der Waals surface area (Å²) >= 11 is 0. The van der Waals surface area contributed by atoms with Crippen LogP contribution in [0.3, 0.4) is 0 Å². The van der Waals surface area contributed by atoms with Gasteiger partial charge in [-0.25, -0.2) is 0 Å². The molecule has 9 heavy (non-hydrogen) atoms. The zero-order valence-electron chi connectivity index (χ0n) is 6.02. The van der Waals surface area contributed by atoms with E-state index in [0.717, 1.165) is 6.54 Å². The molecule has 2 N–H and O–H groups in total. The third kappa shape index (κ3) is 7.24. The molecule has 0 aliphatic carbocycles. The van der Waals surface area contributed by atoms with Crippen LogP contribution in [0.2, 0.25) is 0 Å². The molecule has 2 heteroatoms. The van der Waals surface area contributed by atoms with Gasteiger partial charge in [-0.15, -0.1) is 0 Å². The summed E-state index contributed by atoms with van der Waals surface area (Å²) in [6, 6.07) is 0. The summed E-state index contributed by atoms with van der Waals surface area (Å²) in [4.78, 5) is 0. The van der Waals surface area contributed by atoms with Gasteiger partial charge in [-0.1, -0.05) is 12.2 Å². The number of rotatable bonds is 4. The Morgan fingerprint density at radius 2 is 2.00 bits per heavy atom. The zero-order chi connectivity index (χ0) is 6.95. The molecule has 0 heterocycles. The summed E-state index contributed by atoms with van der Waals surface area (Å²) < 4.78 is 0. The Balaban J connectivity index is 3.13. The molecule has 52 valence electrons. The van der Waals surface area contributed by atoms with Gasteiger partial charge in [0.05, 0.1) is 0 Å². The number of nitrogens with one attached hydrogen (secondary N) is 2. The monoisotopic (exact) mass is 126 g/mol. The van der Waals surface area contributed by atoms with Crippen molar-refractivity contribution >= 4 is 0 Å². The van der Waals surface area contributed by atoms with E-state index in [1.807, 2.05) is 38.5 Å². The van der Waals surface area contributed by atoms with E-state index in [4.69, 9.17) is 0 Å². The molecule has 0 aliphatic heterocycles. The first-order valence-corrected chi connectivity index (χ1v) is 3.05. The van der Waals surface area contributed by atoms with Crippen molar-refractivity contribution in [2.75, 3.05) is 20.6 Å². The van der Waals surface area contributed by atoms with Crippen LogP contribution in [0.4, 0.5) is 0 Å². The van der Waals surface area contributed by atoms with Crippen molar-refractivity contribution in [2.24, 2.45) is 0 Å². The number of likely N-dealkylation sites (N-methyl/N-ethyl adjacent to an activating group) is 1. The highest BCUT2D eigenvalue weighted by Gasteiger charge is 1.65. The van der Waals surface area contributed by atoms with Gasteiger partial charge in [0.25, 0.3) is 0 Å². The van der Waals surface area contributed by atoms with Crippen molar-refractivity contribution in [3.8, 4) is 0 Å². The molecule has 0 aromatic heterocycles. The minimum Gasteiger partial charge on any atom is -0.394 e. The molecule has 0 spiro atoms. The quantitative estimate of drug-likeness (QED) is 0.536. The fraction of sp³-hybridized carbons (Fsp3) is 0.429. The van der Waals surface area contributed by atoms with Crippen LogP contribution in [0.1, 0.15) is 0 Å². The lowest BCUT2D eigenvalue weighted by Crippen LogP contribution is -2.03. The molecule has 0 atom stereocenters. The average Bonchev–Trinajstić information content (AvgIpc) is 1.89. The van der Waals surface area contributed by atoms with Crippen LogP contribution in [0.25, 0.3) is 0 Å². The minimum atomic E-state index is 0.925. The predicted molar refractivity (Wildman–Crippen MR) is 41.3 cm³/mol. The maximum atomic E-state index is 3.00. The summed E-state index contributed by atoms with van der Waals surface area (Å²) in [6.45, 7) is 0.925. The van der Waals surface area contributed by atoms with Crippen LogP contribution in [0, 0.1) is 0 Å². The van der Waals surface area contributed by atoms with E-state index >= 15 is 0 Å². The van der Waals surface area contributed by atoms with Crippen molar-refractivity contribution < 1.29 is 0 Å². The van der Waals surface area contributed by atoms with Crippen LogP contribution < -0.4 is 10.6 Å². The Hall–Kier alpha value is -0.760. The van der Waals surface area contributed by atoms with Crippen molar-refractivity contribution in [1.82, 2.24) is 10.6 Å². The van der Waals surface area contributed by atoms with Gasteiger partial charge >= 0.3 is 0 Å². The summed E-state index contributed by atoms with van der Waals surface area (Å²) in [5, 5.41) is 5.90. The standard InChI is InChI=1S/C7H14N2/c1-8-6-4-3-5-7-9-2/h3-6,8-9H,7H2,1-2H3/b5-3+,6-4-. The third-order valence-corrected chi connectivity index (χ3v) is 0.832. The highest BCUT2D eigenvalue weighted by molar-refractivity contribution is 5.01. The zero-order valence-corrected chi connectivity index (χ0v) is 6.02. The van der Waals surface area contributed by atoms with Gasteiger partial charge < -0.3 is 10.6 Å². The molecular weight excluding hydrogens is 112 g/mol. The van der Waals surface area contributed by atoms with Gasteiger partial charge in [-0.3, -0.25) is 0 Å². The lowest BCUT2D eigenvalue weighted by Gasteiger charge is -1.84. The van der Waals surface area contributed by atoms with Crippen LogP contribution >= 0.6 is 0 Å². The lowest BCUT2D eigenvalue weighted by atomic mass is 10.5. The Labute approximate surface area is 56.6 Å². The predicted octanol–water partition coefficient (Wildman–Crippen LogP) is 0.495. The van der Waals surface area contributed by atoms with Crippen molar-refractivity contribution in [3.63, 3.8) is 0 Å². The SMILES string of the molecule is CN/C=C\C=C\CNC. The van der Waals surface area contributed by atoms with E-state index in [0.29, 0.717) is 0 Å². The van der Waals surface area contributed by atoms with E-state index in [1.165, 1.54) is 0 Å². The smallest absolute Gasteiger partial charge is 0.0134 e. The molecule has 0 aromatic rings. The van der Waals surface area contributed by atoms with Crippen LogP contribution in [0.5, 0.6) is 0 Å². The number of allylic oxidation sites excluding steroid dienone is 2. The van der Waals surface area contributed by atoms with E-state index in [2.05, 4.69) is 10.6 Å². The minimum absolute atomic E-state index is 0.925. The van der Waals surface area contributed by atoms with Gasteiger partial charge in [0.2, 0.25) is 0 Å². The Bertz CT molecular complexity index is 95.1. The average molecular weight is 126 g/mol.